The fourth-order valence-corrected chi connectivity index (χ4v) is 5.49. The van der Waals surface area contributed by atoms with Crippen LogP contribution in [0, 0.1) is 0 Å². The average Bonchev–Trinajstić information content (AvgIpc) is 2.85. The molecular formula is C15H32O2Si2. The largest absolute Gasteiger partial charge is 0.544 e. The van der Waals surface area contributed by atoms with E-state index in [-0.39, 0.29) is 0 Å². The molecular weight excluding hydrogens is 268 g/mol. The third kappa shape index (κ3) is 4.38. The van der Waals surface area contributed by atoms with Gasteiger partial charge in [-0.15, -0.1) is 0 Å². The molecule has 0 aromatic heterocycles. The molecule has 4 heteroatoms. The molecule has 0 atom stereocenters. The summed E-state index contributed by atoms with van der Waals surface area (Å²) in [5.74, 6) is 2.41. The first-order valence-electron chi connectivity index (χ1n) is 8.02. The minimum absolute atomic E-state index is 1.09. The lowest BCUT2D eigenvalue weighted by Crippen LogP contribution is -2.34. The Morgan fingerprint density at radius 2 is 1.05 bits per heavy atom. The second kappa shape index (κ2) is 6.98. The molecule has 0 spiro atoms. The van der Waals surface area contributed by atoms with Crippen LogP contribution in [-0.4, -0.2) is 16.6 Å². The summed E-state index contributed by atoms with van der Waals surface area (Å²) in [5, 5.41) is 0. The van der Waals surface area contributed by atoms with Crippen molar-refractivity contribution < 1.29 is 8.85 Å². The zero-order chi connectivity index (χ0) is 14.5. The van der Waals surface area contributed by atoms with Crippen LogP contribution >= 0.6 is 0 Å². The molecule has 0 bridgehead atoms. The standard InChI is InChI=1S/C15H32O2Si2/c1-7-18(5,8-2)16-14-12-11-13-15(14)17-19(6,9-3)10-4/h7-13H2,1-6H3. The van der Waals surface area contributed by atoms with Gasteiger partial charge in [-0.1, -0.05) is 27.7 Å². The van der Waals surface area contributed by atoms with E-state index >= 15 is 0 Å². The molecule has 2 nitrogen and oxygen atoms in total. The summed E-state index contributed by atoms with van der Waals surface area (Å²) in [6.07, 6.45) is 3.39. The van der Waals surface area contributed by atoms with Crippen molar-refractivity contribution in [3.05, 3.63) is 11.5 Å². The number of hydrogen-bond donors (Lipinski definition) is 0. The minimum Gasteiger partial charge on any atom is -0.544 e. The predicted molar refractivity (Wildman–Crippen MR) is 88.2 cm³/mol. The first-order chi connectivity index (χ1) is 8.92. The molecule has 0 saturated carbocycles. The molecule has 0 fully saturated rings. The second-order valence-electron chi connectivity index (χ2n) is 6.22. The number of rotatable bonds is 8. The Bertz CT molecular complexity index is 288. The first kappa shape index (κ1) is 16.8. The van der Waals surface area contributed by atoms with Gasteiger partial charge in [-0.25, -0.2) is 0 Å². The zero-order valence-electron chi connectivity index (χ0n) is 13.8. The highest BCUT2D eigenvalue weighted by Gasteiger charge is 2.33. The lowest BCUT2D eigenvalue weighted by molar-refractivity contribution is 0.335. The summed E-state index contributed by atoms with van der Waals surface area (Å²) in [7, 11) is -3.04. The van der Waals surface area contributed by atoms with Crippen molar-refractivity contribution in [2.45, 2.75) is 84.2 Å². The molecule has 0 amide bonds. The third-order valence-electron chi connectivity index (χ3n) is 4.85. The van der Waals surface area contributed by atoms with Crippen molar-refractivity contribution in [3.8, 4) is 0 Å². The van der Waals surface area contributed by atoms with Gasteiger partial charge in [0, 0.05) is 12.8 Å². The quantitative estimate of drug-likeness (QED) is 0.540. The van der Waals surface area contributed by atoms with E-state index in [4.69, 9.17) is 8.85 Å². The molecule has 0 heterocycles. The predicted octanol–water partition coefficient (Wildman–Crippen LogP) is 5.65. The molecule has 0 aromatic carbocycles. The Balaban J connectivity index is 2.82. The lowest BCUT2D eigenvalue weighted by Gasteiger charge is -2.30. The molecule has 0 aromatic rings. The molecule has 0 saturated heterocycles. The SMILES string of the molecule is CC[Si](C)(CC)OC1=C(O[Si](C)(CC)CC)CCC1. The van der Waals surface area contributed by atoms with Crippen LogP contribution in [0.25, 0.3) is 0 Å². The van der Waals surface area contributed by atoms with E-state index in [0.717, 1.165) is 12.8 Å². The smallest absolute Gasteiger partial charge is 0.247 e. The highest BCUT2D eigenvalue weighted by molar-refractivity contribution is 6.73. The van der Waals surface area contributed by atoms with Crippen LogP contribution in [-0.2, 0) is 8.85 Å². The van der Waals surface area contributed by atoms with Gasteiger partial charge in [-0.05, 0) is 43.7 Å². The van der Waals surface area contributed by atoms with E-state index in [9.17, 15) is 0 Å². The fourth-order valence-electron chi connectivity index (χ4n) is 2.29. The summed E-state index contributed by atoms with van der Waals surface area (Å²) in [5.41, 5.74) is 0. The van der Waals surface area contributed by atoms with Crippen molar-refractivity contribution in [2.24, 2.45) is 0 Å². The van der Waals surface area contributed by atoms with Gasteiger partial charge in [0.25, 0.3) is 0 Å². The average molecular weight is 301 g/mol. The van der Waals surface area contributed by atoms with Gasteiger partial charge in [0.05, 0.1) is 0 Å². The molecule has 0 unspecified atom stereocenters. The van der Waals surface area contributed by atoms with Crippen molar-refractivity contribution in [1.82, 2.24) is 0 Å². The highest BCUT2D eigenvalue weighted by atomic mass is 28.4. The molecule has 0 N–H and O–H groups in total. The summed E-state index contributed by atoms with van der Waals surface area (Å²) in [4.78, 5) is 0. The summed E-state index contributed by atoms with van der Waals surface area (Å²) in [6, 6.07) is 4.76. The number of hydrogen-bond acceptors (Lipinski definition) is 2. The Labute approximate surface area is 121 Å². The topological polar surface area (TPSA) is 18.5 Å². The normalized spacial score (nSPS) is 16.9. The maximum absolute atomic E-state index is 6.46. The lowest BCUT2D eigenvalue weighted by atomic mass is 10.4. The Hall–Kier alpha value is -0.226. The van der Waals surface area contributed by atoms with Gasteiger partial charge >= 0.3 is 0 Å². The summed E-state index contributed by atoms with van der Waals surface area (Å²) >= 11 is 0. The first-order valence-corrected chi connectivity index (χ1v) is 13.7. The van der Waals surface area contributed by atoms with Crippen LogP contribution in [0.4, 0.5) is 0 Å². The van der Waals surface area contributed by atoms with Gasteiger partial charge in [-0.2, -0.15) is 0 Å². The van der Waals surface area contributed by atoms with E-state index in [1.54, 1.807) is 0 Å². The molecule has 1 rings (SSSR count). The van der Waals surface area contributed by atoms with Gasteiger partial charge in [0.1, 0.15) is 11.5 Å². The maximum atomic E-state index is 6.46. The van der Waals surface area contributed by atoms with Crippen LogP contribution in [0.15, 0.2) is 11.5 Å². The molecule has 1 aliphatic rings. The molecule has 0 radical (unpaired) electrons. The van der Waals surface area contributed by atoms with E-state index < -0.39 is 16.6 Å². The summed E-state index contributed by atoms with van der Waals surface area (Å²) < 4.78 is 12.9. The van der Waals surface area contributed by atoms with Gasteiger partial charge in [-0.3, -0.25) is 0 Å². The van der Waals surface area contributed by atoms with Crippen LogP contribution < -0.4 is 0 Å². The van der Waals surface area contributed by atoms with E-state index in [1.165, 1.54) is 42.1 Å². The van der Waals surface area contributed by atoms with Gasteiger partial charge in [0.2, 0.25) is 16.6 Å². The van der Waals surface area contributed by atoms with Crippen molar-refractivity contribution in [2.75, 3.05) is 0 Å². The van der Waals surface area contributed by atoms with Crippen LogP contribution in [0.5, 0.6) is 0 Å². The third-order valence-corrected chi connectivity index (χ3v) is 12.3. The Morgan fingerprint density at radius 1 is 0.737 bits per heavy atom. The highest BCUT2D eigenvalue weighted by Crippen LogP contribution is 2.35. The molecule has 112 valence electrons. The molecule has 19 heavy (non-hydrogen) atoms. The van der Waals surface area contributed by atoms with Gasteiger partial charge < -0.3 is 8.85 Å². The van der Waals surface area contributed by atoms with Crippen LogP contribution in [0.1, 0.15) is 47.0 Å². The van der Waals surface area contributed by atoms with Crippen LogP contribution in [0.3, 0.4) is 0 Å². The van der Waals surface area contributed by atoms with E-state index in [1.807, 2.05) is 0 Å². The second-order valence-corrected chi connectivity index (χ2v) is 15.3. The summed E-state index contributed by atoms with van der Waals surface area (Å²) in [6.45, 7) is 13.8. The monoisotopic (exact) mass is 300 g/mol. The van der Waals surface area contributed by atoms with Crippen LogP contribution in [0.2, 0.25) is 37.3 Å². The van der Waals surface area contributed by atoms with E-state index in [2.05, 4.69) is 40.8 Å². The maximum Gasteiger partial charge on any atom is 0.247 e. The fraction of sp³-hybridized carbons (Fsp3) is 0.867. The van der Waals surface area contributed by atoms with Crippen molar-refractivity contribution in [3.63, 3.8) is 0 Å². The molecule has 1 aliphatic carbocycles. The Morgan fingerprint density at radius 3 is 1.32 bits per heavy atom. The van der Waals surface area contributed by atoms with Crippen molar-refractivity contribution in [1.29, 1.82) is 0 Å². The zero-order valence-corrected chi connectivity index (χ0v) is 15.8. The minimum atomic E-state index is -1.52. The Kier molecular flexibility index (Phi) is 6.18. The van der Waals surface area contributed by atoms with E-state index in [0.29, 0.717) is 0 Å². The molecule has 0 aliphatic heterocycles. The van der Waals surface area contributed by atoms with Gasteiger partial charge in [0.15, 0.2) is 0 Å². The number of allylic oxidation sites excluding steroid dienone is 2. The van der Waals surface area contributed by atoms with Crippen molar-refractivity contribution >= 4 is 16.6 Å².